The molecule has 0 saturated heterocycles. The lowest BCUT2D eigenvalue weighted by molar-refractivity contribution is 0.768. The third-order valence-electron chi connectivity index (χ3n) is 12.0. The van der Waals surface area contributed by atoms with Crippen LogP contribution in [-0.2, 0) is 5.41 Å². The molecule has 0 spiro atoms. The standard InChI is InChI=1S/C57H38N2/c1-3-15-39(16-4-1)40-29-31-42(32-30-40)55-51-25-9-12-28-54(51)58-56(59-55)46-20-14-19-45(38-46)44-18-13-17-43(37-44)41-33-35-48(36-34-41)57(47-21-5-2-6-22-47)52-26-10-7-23-49(52)50-24-8-11-27-53(50)57/h1-38H. The highest BCUT2D eigenvalue weighted by atomic mass is 14.9. The van der Waals surface area contributed by atoms with Crippen molar-refractivity contribution in [1.82, 2.24) is 9.97 Å². The first-order valence-electron chi connectivity index (χ1n) is 20.2. The van der Waals surface area contributed by atoms with E-state index in [1.54, 1.807) is 0 Å². The molecule has 0 radical (unpaired) electrons. The van der Waals surface area contributed by atoms with Gasteiger partial charge in [0.15, 0.2) is 5.82 Å². The molecule has 0 N–H and O–H groups in total. The first-order valence-corrected chi connectivity index (χ1v) is 20.2. The average Bonchev–Trinajstić information content (AvgIpc) is 3.63. The van der Waals surface area contributed by atoms with Crippen molar-refractivity contribution in [3.05, 3.63) is 253 Å². The number of para-hydroxylation sites is 1. The maximum absolute atomic E-state index is 5.23. The summed E-state index contributed by atoms with van der Waals surface area (Å²) >= 11 is 0. The van der Waals surface area contributed by atoms with Crippen molar-refractivity contribution in [2.45, 2.75) is 5.41 Å². The van der Waals surface area contributed by atoms with Crippen molar-refractivity contribution in [2.24, 2.45) is 0 Å². The van der Waals surface area contributed by atoms with Crippen LogP contribution in [0.3, 0.4) is 0 Å². The number of hydrogen-bond donors (Lipinski definition) is 0. The van der Waals surface area contributed by atoms with Crippen LogP contribution in [0.2, 0.25) is 0 Å². The van der Waals surface area contributed by atoms with Crippen LogP contribution in [-0.4, -0.2) is 9.97 Å². The van der Waals surface area contributed by atoms with Crippen molar-refractivity contribution in [3.8, 4) is 67.2 Å². The molecule has 0 amide bonds. The van der Waals surface area contributed by atoms with Gasteiger partial charge >= 0.3 is 0 Å². The SMILES string of the molecule is c1ccc(-c2ccc(-c3nc(-c4cccc(-c5cccc(-c6ccc(C7(c8ccccc8)c8ccccc8-c8ccccc87)cc6)c5)c4)nc4ccccc34)cc2)cc1. The van der Waals surface area contributed by atoms with Crippen molar-refractivity contribution < 1.29 is 0 Å². The fourth-order valence-electron chi connectivity index (χ4n) is 9.22. The Hall–Kier alpha value is -7.68. The maximum Gasteiger partial charge on any atom is 0.160 e. The second kappa shape index (κ2) is 14.4. The average molecular weight is 751 g/mol. The lowest BCUT2D eigenvalue weighted by atomic mass is 9.67. The molecule has 2 heteroatoms. The van der Waals surface area contributed by atoms with E-state index >= 15 is 0 Å². The van der Waals surface area contributed by atoms with Crippen LogP contribution in [0.5, 0.6) is 0 Å². The summed E-state index contributed by atoms with van der Waals surface area (Å²) < 4.78 is 0. The summed E-state index contributed by atoms with van der Waals surface area (Å²) in [5.41, 5.74) is 18.3. The minimum absolute atomic E-state index is 0.411. The number of rotatable bonds is 7. The molecule has 276 valence electrons. The van der Waals surface area contributed by atoms with Crippen LogP contribution in [0.4, 0.5) is 0 Å². The van der Waals surface area contributed by atoms with E-state index in [1.165, 1.54) is 55.6 Å². The maximum atomic E-state index is 5.23. The normalized spacial score (nSPS) is 12.5. The van der Waals surface area contributed by atoms with E-state index in [4.69, 9.17) is 9.97 Å². The molecule has 59 heavy (non-hydrogen) atoms. The molecular formula is C57H38N2. The second-order valence-corrected chi connectivity index (χ2v) is 15.3. The van der Waals surface area contributed by atoms with Gasteiger partial charge in [0.1, 0.15) is 0 Å². The topological polar surface area (TPSA) is 25.8 Å². The highest BCUT2D eigenvalue weighted by Gasteiger charge is 2.45. The fraction of sp³-hybridized carbons (Fsp3) is 0.0175. The zero-order valence-electron chi connectivity index (χ0n) is 32.3. The van der Waals surface area contributed by atoms with Crippen LogP contribution >= 0.6 is 0 Å². The van der Waals surface area contributed by atoms with Gasteiger partial charge in [0, 0.05) is 16.5 Å². The predicted molar refractivity (Wildman–Crippen MR) is 244 cm³/mol. The minimum Gasteiger partial charge on any atom is -0.228 e. The van der Waals surface area contributed by atoms with Gasteiger partial charge in [-0.1, -0.05) is 212 Å². The predicted octanol–water partition coefficient (Wildman–Crippen LogP) is 14.3. The Labute approximate surface area is 344 Å². The van der Waals surface area contributed by atoms with E-state index in [2.05, 4.69) is 218 Å². The molecule has 1 aromatic heterocycles. The Morgan fingerprint density at radius 1 is 0.288 bits per heavy atom. The summed E-state index contributed by atoms with van der Waals surface area (Å²) in [7, 11) is 0. The minimum atomic E-state index is -0.411. The fourth-order valence-corrected chi connectivity index (χ4v) is 9.22. The van der Waals surface area contributed by atoms with E-state index in [0.29, 0.717) is 5.82 Å². The number of aromatic nitrogens is 2. The van der Waals surface area contributed by atoms with Crippen molar-refractivity contribution in [3.63, 3.8) is 0 Å². The third kappa shape index (κ3) is 5.88. The number of fused-ring (bicyclic) bond motifs is 4. The Kier molecular flexibility index (Phi) is 8.41. The number of nitrogens with zero attached hydrogens (tertiary/aromatic N) is 2. The molecule has 0 bridgehead atoms. The second-order valence-electron chi connectivity index (χ2n) is 15.3. The molecule has 11 rings (SSSR count). The van der Waals surface area contributed by atoms with E-state index in [9.17, 15) is 0 Å². The highest BCUT2D eigenvalue weighted by Crippen LogP contribution is 2.56. The summed E-state index contributed by atoms with van der Waals surface area (Å²) in [6.07, 6.45) is 0. The lowest BCUT2D eigenvalue weighted by Gasteiger charge is -2.34. The van der Waals surface area contributed by atoms with Gasteiger partial charge in [-0.2, -0.15) is 0 Å². The molecule has 1 aliphatic carbocycles. The molecule has 2 nitrogen and oxygen atoms in total. The zero-order valence-corrected chi connectivity index (χ0v) is 32.3. The molecule has 0 atom stereocenters. The summed E-state index contributed by atoms with van der Waals surface area (Å²) in [6.45, 7) is 0. The van der Waals surface area contributed by atoms with Crippen LogP contribution in [0.15, 0.2) is 231 Å². The van der Waals surface area contributed by atoms with Crippen LogP contribution in [0, 0.1) is 0 Å². The van der Waals surface area contributed by atoms with Crippen LogP contribution in [0.1, 0.15) is 22.3 Å². The first-order chi connectivity index (χ1) is 29.2. The number of benzene rings is 9. The zero-order chi connectivity index (χ0) is 39.2. The van der Waals surface area contributed by atoms with Gasteiger partial charge in [0.05, 0.1) is 16.6 Å². The molecule has 0 unspecified atom stereocenters. The summed E-state index contributed by atoms with van der Waals surface area (Å²) in [6, 6.07) is 82.9. The van der Waals surface area contributed by atoms with Gasteiger partial charge in [-0.15, -0.1) is 0 Å². The highest BCUT2D eigenvalue weighted by molar-refractivity contribution is 5.94. The molecule has 1 aliphatic rings. The van der Waals surface area contributed by atoms with E-state index in [-0.39, 0.29) is 0 Å². The quantitative estimate of drug-likeness (QED) is 0.162. The Morgan fingerprint density at radius 2 is 0.729 bits per heavy atom. The van der Waals surface area contributed by atoms with Crippen molar-refractivity contribution >= 4 is 10.9 Å². The van der Waals surface area contributed by atoms with Gasteiger partial charge in [-0.25, -0.2) is 9.97 Å². The van der Waals surface area contributed by atoms with E-state index < -0.39 is 5.41 Å². The monoisotopic (exact) mass is 750 g/mol. The van der Waals surface area contributed by atoms with Crippen LogP contribution in [0.25, 0.3) is 78.1 Å². The molecule has 10 aromatic rings. The lowest BCUT2D eigenvalue weighted by Crippen LogP contribution is -2.28. The van der Waals surface area contributed by atoms with Gasteiger partial charge in [0.25, 0.3) is 0 Å². The molecule has 0 fully saturated rings. The number of hydrogen-bond acceptors (Lipinski definition) is 2. The van der Waals surface area contributed by atoms with Gasteiger partial charge in [-0.05, 0) is 85.0 Å². The first kappa shape index (κ1) is 34.6. The van der Waals surface area contributed by atoms with Gasteiger partial charge in [0.2, 0.25) is 0 Å². The summed E-state index contributed by atoms with van der Waals surface area (Å²) in [5, 5.41) is 1.04. The Bertz CT molecular complexity index is 3090. The molecule has 0 aliphatic heterocycles. The van der Waals surface area contributed by atoms with Gasteiger partial charge in [-0.3, -0.25) is 0 Å². The Morgan fingerprint density at radius 3 is 1.41 bits per heavy atom. The van der Waals surface area contributed by atoms with E-state index in [0.717, 1.165) is 38.9 Å². The van der Waals surface area contributed by atoms with Crippen LogP contribution < -0.4 is 0 Å². The molecule has 0 saturated carbocycles. The largest absolute Gasteiger partial charge is 0.228 e. The summed E-state index contributed by atoms with van der Waals surface area (Å²) in [4.78, 5) is 10.3. The van der Waals surface area contributed by atoms with Crippen molar-refractivity contribution in [1.29, 1.82) is 0 Å². The Balaban J connectivity index is 0.947. The van der Waals surface area contributed by atoms with Gasteiger partial charge < -0.3 is 0 Å². The molecule has 1 heterocycles. The summed E-state index contributed by atoms with van der Waals surface area (Å²) in [5.74, 6) is 0.710. The smallest absolute Gasteiger partial charge is 0.160 e. The van der Waals surface area contributed by atoms with E-state index in [1.807, 2.05) is 12.1 Å². The third-order valence-corrected chi connectivity index (χ3v) is 12.0. The molecular weight excluding hydrogens is 713 g/mol. The van der Waals surface area contributed by atoms with Crippen molar-refractivity contribution in [2.75, 3.05) is 0 Å². The molecule has 9 aromatic carbocycles.